The summed E-state index contributed by atoms with van der Waals surface area (Å²) in [5, 5.41) is 2.24. The van der Waals surface area contributed by atoms with Crippen LogP contribution in [0.1, 0.15) is 23.0 Å². The van der Waals surface area contributed by atoms with E-state index < -0.39 is 0 Å². The zero-order chi connectivity index (χ0) is 14.7. The molecule has 21 heavy (non-hydrogen) atoms. The largest absolute Gasteiger partial charge is 0.488 e. The van der Waals surface area contributed by atoms with E-state index >= 15 is 0 Å². The van der Waals surface area contributed by atoms with Crippen LogP contribution in [-0.4, -0.2) is 10.8 Å². The molecule has 3 nitrogen and oxygen atoms in total. The highest BCUT2D eigenvalue weighted by molar-refractivity contribution is 5.92. The van der Waals surface area contributed by atoms with Crippen LogP contribution in [0.15, 0.2) is 60.8 Å². The molecule has 0 spiro atoms. The van der Waals surface area contributed by atoms with Gasteiger partial charge in [-0.25, -0.2) is 0 Å². The van der Waals surface area contributed by atoms with Gasteiger partial charge < -0.3 is 4.74 Å². The second kappa shape index (κ2) is 5.75. The van der Waals surface area contributed by atoms with E-state index in [1.165, 1.54) is 6.92 Å². The van der Waals surface area contributed by atoms with Gasteiger partial charge in [0.15, 0.2) is 5.78 Å². The van der Waals surface area contributed by atoms with Gasteiger partial charge in [-0.2, -0.15) is 0 Å². The van der Waals surface area contributed by atoms with Gasteiger partial charge in [0.05, 0.1) is 0 Å². The van der Waals surface area contributed by atoms with Crippen LogP contribution in [0.4, 0.5) is 0 Å². The first-order chi connectivity index (χ1) is 10.2. The number of nitrogens with zero attached hydrogens (tertiary/aromatic N) is 1. The smallest absolute Gasteiger partial charge is 0.178 e. The quantitative estimate of drug-likeness (QED) is 0.676. The van der Waals surface area contributed by atoms with E-state index in [4.69, 9.17) is 4.74 Å². The maximum atomic E-state index is 11.2. The number of ether oxygens (including phenoxy) is 1. The number of carbonyl (C=O) groups excluding carboxylic acids is 1. The number of carbonyl (C=O) groups is 1. The summed E-state index contributed by atoms with van der Waals surface area (Å²) in [7, 11) is 0. The minimum absolute atomic E-state index is 0.0310. The fraction of sp³-hybridized carbons (Fsp3) is 0.111. The van der Waals surface area contributed by atoms with Crippen molar-refractivity contribution in [2.75, 3.05) is 0 Å². The van der Waals surface area contributed by atoms with Crippen molar-refractivity contribution >= 4 is 16.6 Å². The summed E-state index contributed by atoms with van der Waals surface area (Å²) >= 11 is 0. The van der Waals surface area contributed by atoms with E-state index in [1.807, 2.05) is 36.4 Å². The first-order valence-corrected chi connectivity index (χ1v) is 6.80. The number of rotatable bonds is 4. The average molecular weight is 277 g/mol. The minimum atomic E-state index is -0.0310. The maximum Gasteiger partial charge on any atom is 0.178 e. The summed E-state index contributed by atoms with van der Waals surface area (Å²) in [5.41, 5.74) is 1.41. The summed E-state index contributed by atoms with van der Waals surface area (Å²) < 4.78 is 5.88. The molecule has 0 unspecified atom stereocenters. The lowest BCUT2D eigenvalue weighted by atomic mass is 10.1. The fourth-order valence-electron chi connectivity index (χ4n) is 2.20. The van der Waals surface area contributed by atoms with Gasteiger partial charge in [0, 0.05) is 24.1 Å². The molecule has 0 amide bonds. The molecule has 104 valence electrons. The van der Waals surface area contributed by atoms with Crippen molar-refractivity contribution in [2.24, 2.45) is 0 Å². The van der Waals surface area contributed by atoms with Gasteiger partial charge in [0.2, 0.25) is 0 Å². The SMILES string of the molecule is CC(=O)c1ccc(COc2cccc3ccccc23)cn1. The van der Waals surface area contributed by atoms with Gasteiger partial charge in [0.25, 0.3) is 0 Å². The number of fused-ring (bicyclic) bond motifs is 1. The van der Waals surface area contributed by atoms with Gasteiger partial charge in [-0.15, -0.1) is 0 Å². The highest BCUT2D eigenvalue weighted by Crippen LogP contribution is 2.25. The molecule has 1 heterocycles. The zero-order valence-electron chi connectivity index (χ0n) is 11.7. The van der Waals surface area contributed by atoms with Crippen molar-refractivity contribution in [2.45, 2.75) is 13.5 Å². The number of hydrogen-bond acceptors (Lipinski definition) is 3. The Labute approximate surface area is 123 Å². The molecule has 3 heteroatoms. The van der Waals surface area contributed by atoms with E-state index in [1.54, 1.807) is 12.3 Å². The van der Waals surface area contributed by atoms with Gasteiger partial charge in [-0.1, -0.05) is 42.5 Å². The molecule has 3 rings (SSSR count). The Morgan fingerprint density at radius 3 is 2.62 bits per heavy atom. The molecule has 3 aromatic rings. The third-order valence-corrected chi connectivity index (χ3v) is 3.33. The van der Waals surface area contributed by atoms with E-state index in [9.17, 15) is 4.79 Å². The summed E-state index contributed by atoms with van der Waals surface area (Å²) in [6.45, 7) is 1.94. The molecular weight excluding hydrogens is 262 g/mol. The lowest BCUT2D eigenvalue weighted by Crippen LogP contribution is -2.00. The van der Waals surface area contributed by atoms with Crippen LogP contribution in [0.25, 0.3) is 10.8 Å². The molecule has 0 saturated carbocycles. The minimum Gasteiger partial charge on any atom is -0.488 e. The van der Waals surface area contributed by atoms with E-state index in [2.05, 4.69) is 17.1 Å². The van der Waals surface area contributed by atoms with Gasteiger partial charge in [0.1, 0.15) is 18.1 Å². The third kappa shape index (κ3) is 2.92. The van der Waals surface area contributed by atoms with Crippen LogP contribution in [-0.2, 0) is 6.61 Å². The molecule has 0 N–H and O–H groups in total. The van der Waals surface area contributed by atoms with Gasteiger partial charge in [-0.3, -0.25) is 9.78 Å². The lowest BCUT2D eigenvalue weighted by molar-refractivity contribution is 0.101. The summed E-state index contributed by atoms with van der Waals surface area (Å²) in [6.07, 6.45) is 1.68. The average Bonchev–Trinajstić information content (AvgIpc) is 2.53. The molecule has 0 aliphatic rings. The second-order valence-electron chi connectivity index (χ2n) is 4.87. The summed E-state index contributed by atoms with van der Waals surface area (Å²) in [5.74, 6) is 0.820. The highest BCUT2D eigenvalue weighted by Gasteiger charge is 2.03. The van der Waals surface area contributed by atoms with Crippen molar-refractivity contribution < 1.29 is 9.53 Å². The van der Waals surface area contributed by atoms with E-state index in [0.29, 0.717) is 12.3 Å². The van der Waals surface area contributed by atoms with Crippen LogP contribution in [0.2, 0.25) is 0 Å². The Morgan fingerprint density at radius 1 is 1.05 bits per heavy atom. The zero-order valence-corrected chi connectivity index (χ0v) is 11.7. The Kier molecular flexibility index (Phi) is 3.65. The molecular formula is C18H15NO2. The highest BCUT2D eigenvalue weighted by atomic mass is 16.5. The molecule has 0 aliphatic carbocycles. The number of hydrogen-bond donors (Lipinski definition) is 0. The van der Waals surface area contributed by atoms with Crippen molar-refractivity contribution in [3.05, 3.63) is 72.1 Å². The van der Waals surface area contributed by atoms with Crippen LogP contribution >= 0.6 is 0 Å². The van der Waals surface area contributed by atoms with Gasteiger partial charge in [-0.05, 0) is 17.5 Å². The monoisotopic (exact) mass is 277 g/mol. The number of Topliss-reactive ketones (excluding diaryl/α,β-unsaturated/α-hetero) is 1. The summed E-state index contributed by atoms with van der Waals surface area (Å²) in [4.78, 5) is 15.3. The van der Waals surface area contributed by atoms with Crippen LogP contribution < -0.4 is 4.74 Å². The second-order valence-corrected chi connectivity index (χ2v) is 4.87. The predicted octanol–water partition coefficient (Wildman–Crippen LogP) is 4.02. The number of aromatic nitrogens is 1. The van der Waals surface area contributed by atoms with Crippen LogP contribution in [0.5, 0.6) is 5.75 Å². The number of benzene rings is 2. The molecule has 0 aliphatic heterocycles. The Morgan fingerprint density at radius 2 is 1.86 bits per heavy atom. The molecule has 0 atom stereocenters. The molecule has 0 bridgehead atoms. The molecule has 0 fully saturated rings. The number of ketones is 1. The van der Waals surface area contributed by atoms with Crippen molar-refractivity contribution in [1.82, 2.24) is 4.98 Å². The summed E-state index contributed by atoms with van der Waals surface area (Å²) in [6, 6.07) is 17.7. The molecule has 0 radical (unpaired) electrons. The fourth-order valence-corrected chi connectivity index (χ4v) is 2.20. The Hall–Kier alpha value is -2.68. The molecule has 2 aromatic carbocycles. The predicted molar refractivity (Wildman–Crippen MR) is 82.5 cm³/mol. The number of pyridine rings is 1. The van der Waals surface area contributed by atoms with Crippen molar-refractivity contribution in [3.63, 3.8) is 0 Å². The van der Waals surface area contributed by atoms with Crippen molar-refractivity contribution in [3.8, 4) is 5.75 Å². The Bertz CT molecular complexity index is 773. The van der Waals surface area contributed by atoms with E-state index in [0.717, 1.165) is 22.1 Å². The Balaban J connectivity index is 1.79. The van der Waals surface area contributed by atoms with Crippen LogP contribution in [0.3, 0.4) is 0 Å². The first kappa shape index (κ1) is 13.3. The third-order valence-electron chi connectivity index (χ3n) is 3.33. The van der Waals surface area contributed by atoms with Crippen LogP contribution in [0, 0.1) is 0 Å². The van der Waals surface area contributed by atoms with E-state index in [-0.39, 0.29) is 5.78 Å². The first-order valence-electron chi connectivity index (χ1n) is 6.80. The lowest BCUT2D eigenvalue weighted by Gasteiger charge is -2.09. The molecule has 1 aromatic heterocycles. The van der Waals surface area contributed by atoms with Crippen molar-refractivity contribution in [1.29, 1.82) is 0 Å². The topological polar surface area (TPSA) is 39.2 Å². The standard InChI is InChI=1S/C18H15NO2/c1-13(20)17-10-9-14(11-19-17)12-21-18-8-4-6-15-5-2-3-7-16(15)18/h2-11H,12H2,1H3. The maximum absolute atomic E-state index is 11.2. The normalized spacial score (nSPS) is 10.5. The molecule has 0 saturated heterocycles. The van der Waals surface area contributed by atoms with Gasteiger partial charge >= 0.3 is 0 Å².